The molecule has 0 saturated heterocycles. The molecule has 166 valence electrons. The van der Waals surface area contributed by atoms with Crippen molar-refractivity contribution in [3.63, 3.8) is 0 Å². The van der Waals surface area contributed by atoms with Gasteiger partial charge in [0.05, 0.1) is 12.0 Å². The molecule has 3 aromatic rings. The van der Waals surface area contributed by atoms with Crippen LogP contribution in [0.4, 0.5) is 0 Å². The molecule has 0 bridgehead atoms. The highest BCUT2D eigenvalue weighted by Gasteiger charge is 2.24. The van der Waals surface area contributed by atoms with Crippen molar-refractivity contribution in [2.75, 3.05) is 5.75 Å². The summed E-state index contributed by atoms with van der Waals surface area (Å²) in [6.07, 6.45) is 7.42. The van der Waals surface area contributed by atoms with Crippen LogP contribution in [0.2, 0.25) is 0 Å². The number of aromatic hydroxyl groups is 1. The van der Waals surface area contributed by atoms with Crippen LogP contribution in [-0.2, 0) is 4.79 Å². The van der Waals surface area contributed by atoms with Crippen molar-refractivity contribution >= 4 is 23.9 Å². The summed E-state index contributed by atoms with van der Waals surface area (Å²) in [4.78, 5) is 12.3. The summed E-state index contributed by atoms with van der Waals surface area (Å²) in [5, 5.41) is 23.0. The van der Waals surface area contributed by atoms with Gasteiger partial charge in [0.25, 0.3) is 5.91 Å². The Hall–Kier alpha value is -3.13. The first kappa shape index (κ1) is 22.1. The normalized spacial score (nSPS) is 14.7. The van der Waals surface area contributed by atoms with Crippen molar-refractivity contribution in [2.24, 2.45) is 5.10 Å². The maximum atomic E-state index is 12.3. The van der Waals surface area contributed by atoms with E-state index in [1.54, 1.807) is 30.5 Å². The quantitative estimate of drug-likeness (QED) is 0.310. The number of hydrogen-bond acceptors (Lipinski definition) is 6. The van der Waals surface area contributed by atoms with Crippen LogP contribution in [0.5, 0.6) is 5.75 Å². The molecule has 2 aromatic carbocycles. The molecule has 32 heavy (non-hydrogen) atoms. The Kier molecular flexibility index (Phi) is 7.21. The van der Waals surface area contributed by atoms with Crippen LogP contribution in [-0.4, -0.2) is 37.7 Å². The van der Waals surface area contributed by atoms with Crippen LogP contribution in [0.1, 0.15) is 49.3 Å². The van der Waals surface area contributed by atoms with Crippen molar-refractivity contribution in [1.29, 1.82) is 0 Å². The number of aromatic nitrogens is 3. The molecule has 1 amide bonds. The number of thioether (sulfide) groups is 1. The number of nitrogens with zero attached hydrogens (tertiary/aromatic N) is 4. The summed E-state index contributed by atoms with van der Waals surface area (Å²) in [6, 6.07) is 15.3. The van der Waals surface area contributed by atoms with Gasteiger partial charge in [-0.3, -0.25) is 9.36 Å². The number of phenols is 1. The molecule has 0 spiro atoms. The van der Waals surface area contributed by atoms with Gasteiger partial charge in [0.1, 0.15) is 5.75 Å². The van der Waals surface area contributed by atoms with E-state index in [0.29, 0.717) is 6.04 Å². The average molecular weight is 450 g/mol. The largest absolute Gasteiger partial charge is 0.508 e. The fraction of sp³-hybridized carbons (Fsp3) is 0.333. The zero-order chi connectivity index (χ0) is 22.3. The maximum Gasteiger partial charge on any atom is 0.250 e. The van der Waals surface area contributed by atoms with E-state index in [9.17, 15) is 9.90 Å². The third-order valence-electron chi connectivity index (χ3n) is 5.54. The number of phenolic OH excluding ortho intramolecular Hbond substituents is 1. The Balaban J connectivity index is 1.44. The van der Waals surface area contributed by atoms with Gasteiger partial charge >= 0.3 is 0 Å². The van der Waals surface area contributed by atoms with Crippen LogP contribution in [0.15, 0.2) is 58.8 Å². The number of hydrogen-bond donors (Lipinski definition) is 2. The molecule has 1 aromatic heterocycles. The van der Waals surface area contributed by atoms with Crippen LogP contribution < -0.4 is 5.43 Å². The highest BCUT2D eigenvalue weighted by atomic mass is 32.2. The molecular formula is C24H27N5O2S. The number of benzene rings is 2. The molecule has 1 aliphatic rings. The molecule has 1 saturated carbocycles. The van der Waals surface area contributed by atoms with Gasteiger partial charge in [-0.15, -0.1) is 10.2 Å². The van der Waals surface area contributed by atoms with E-state index in [-0.39, 0.29) is 17.4 Å². The lowest BCUT2D eigenvalue weighted by Crippen LogP contribution is -2.20. The third kappa shape index (κ3) is 5.56. The molecule has 8 heteroatoms. The van der Waals surface area contributed by atoms with E-state index in [4.69, 9.17) is 0 Å². The van der Waals surface area contributed by atoms with Gasteiger partial charge in [-0.25, -0.2) is 5.43 Å². The third-order valence-corrected chi connectivity index (χ3v) is 6.49. The molecule has 1 aliphatic carbocycles. The predicted octanol–water partition coefficient (Wildman–Crippen LogP) is 4.71. The number of nitrogens with one attached hydrogen (secondary N) is 1. The summed E-state index contributed by atoms with van der Waals surface area (Å²) in [6.45, 7) is 2.07. The number of hydrazone groups is 1. The van der Waals surface area contributed by atoms with Crippen molar-refractivity contribution in [2.45, 2.75) is 50.2 Å². The molecule has 0 radical (unpaired) electrons. The Morgan fingerprint density at radius 1 is 1.12 bits per heavy atom. The first-order chi connectivity index (χ1) is 15.6. The molecule has 0 aliphatic heterocycles. The van der Waals surface area contributed by atoms with Crippen LogP contribution in [0, 0.1) is 6.92 Å². The zero-order valence-corrected chi connectivity index (χ0v) is 18.9. The second-order valence-electron chi connectivity index (χ2n) is 8.01. The summed E-state index contributed by atoms with van der Waals surface area (Å²) in [7, 11) is 0. The minimum absolute atomic E-state index is 0.190. The molecular weight excluding hydrogens is 422 g/mol. The van der Waals surface area contributed by atoms with Crippen LogP contribution in [0.25, 0.3) is 11.4 Å². The number of carbonyl (C=O) groups is 1. The van der Waals surface area contributed by atoms with Crippen LogP contribution in [0.3, 0.4) is 0 Å². The minimum Gasteiger partial charge on any atom is -0.508 e. The van der Waals surface area contributed by atoms with Gasteiger partial charge in [0.15, 0.2) is 11.0 Å². The van der Waals surface area contributed by atoms with Crippen molar-refractivity contribution in [1.82, 2.24) is 20.2 Å². The second kappa shape index (κ2) is 10.5. The zero-order valence-electron chi connectivity index (χ0n) is 18.1. The van der Waals surface area contributed by atoms with Gasteiger partial charge in [0.2, 0.25) is 0 Å². The number of rotatable bonds is 7. The SMILES string of the molecule is Cc1ccc(-c2nnc(SCC(=O)N/N=C\c3ccc(O)cc3)n2C2CCCCC2)cc1. The van der Waals surface area contributed by atoms with Gasteiger partial charge in [-0.05, 0) is 49.6 Å². The van der Waals surface area contributed by atoms with Gasteiger partial charge in [-0.1, -0.05) is 60.9 Å². The minimum atomic E-state index is -0.208. The highest BCUT2D eigenvalue weighted by molar-refractivity contribution is 7.99. The maximum absolute atomic E-state index is 12.3. The monoisotopic (exact) mass is 449 g/mol. The van der Waals surface area contributed by atoms with E-state index in [1.165, 1.54) is 36.6 Å². The molecule has 1 fully saturated rings. The summed E-state index contributed by atoms with van der Waals surface area (Å²) in [5.41, 5.74) is 5.59. The Bertz CT molecular complexity index is 1070. The lowest BCUT2D eigenvalue weighted by Gasteiger charge is -2.25. The Labute approximate surface area is 192 Å². The number of carbonyl (C=O) groups excluding carboxylic acids is 1. The Morgan fingerprint density at radius 2 is 1.84 bits per heavy atom. The smallest absolute Gasteiger partial charge is 0.250 e. The van der Waals surface area contributed by atoms with Crippen molar-refractivity contribution in [3.8, 4) is 17.1 Å². The van der Waals surface area contributed by atoms with Crippen LogP contribution >= 0.6 is 11.8 Å². The number of amides is 1. The second-order valence-corrected chi connectivity index (χ2v) is 8.95. The average Bonchev–Trinajstić information content (AvgIpc) is 3.24. The fourth-order valence-electron chi connectivity index (χ4n) is 3.84. The highest BCUT2D eigenvalue weighted by Crippen LogP contribution is 2.35. The van der Waals surface area contributed by atoms with Gasteiger partial charge in [0, 0.05) is 11.6 Å². The Morgan fingerprint density at radius 3 is 2.56 bits per heavy atom. The molecule has 0 atom stereocenters. The molecule has 4 rings (SSSR count). The summed E-state index contributed by atoms with van der Waals surface area (Å²) >= 11 is 1.39. The molecule has 2 N–H and O–H groups in total. The van der Waals surface area contributed by atoms with Gasteiger partial charge in [-0.2, -0.15) is 5.10 Å². The first-order valence-corrected chi connectivity index (χ1v) is 11.8. The van der Waals surface area contributed by atoms with E-state index in [1.807, 2.05) is 0 Å². The molecule has 0 unspecified atom stereocenters. The van der Waals surface area contributed by atoms with Crippen molar-refractivity contribution in [3.05, 3.63) is 59.7 Å². The van der Waals surface area contributed by atoms with Gasteiger partial charge < -0.3 is 5.11 Å². The summed E-state index contributed by atoms with van der Waals surface area (Å²) in [5.74, 6) is 1.05. The lowest BCUT2D eigenvalue weighted by molar-refractivity contribution is -0.118. The fourth-order valence-corrected chi connectivity index (χ4v) is 4.64. The standard InChI is InChI=1S/C24H27N5O2S/c1-17-7-11-19(12-8-17)23-27-28-24(29(23)20-5-3-2-4-6-20)32-16-22(31)26-25-15-18-9-13-21(30)14-10-18/h7-15,20,30H,2-6,16H2,1H3,(H,26,31)/b25-15-. The number of aryl methyl sites for hydroxylation is 1. The van der Waals surface area contributed by atoms with E-state index < -0.39 is 0 Å². The molecule has 7 nitrogen and oxygen atoms in total. The first-order valence-electron chi connectivity index (χ1n) is 10.9. The predicted molar refractivity (Wildman–Crippen MR) is 127 cm³/mol. The molecule has 1 heterocycles. The van der Waals surface area contributed by atoms with E-state index in [2.05, 4.69) is 56.5 Å². The topological polar surface area (TPSA) is 92.4 Å². The van der Waals surface area contributed by atoms with Crippen molar-refractivity contribution < 1.29 is 9.90 Å². The summed E-state index contributed by atoms with van der Waals surface area (Å²) < 4.78 is 2.22. The van der Waals surface area contributed by atoms with E-state index in [0.717, 1.165) is 34.9 Å². The lowest BCUT2D eigenvalue weighted by atomic mass is 9.95. The van der Waals surface area contributed by atoms with E-state index >= 15 is 0 Å².